The third kappa shape index (κ3) is 2.45. The zero-order valence-corrected chi connectivity index (χ0v) is 14.5. The van der Waals surface area contributed by atoms with Gasteiger partial charge >= 0.3 is 0 Å². The summed E-state index contributed by atoms with van der Waals surface area (Å²) in [7, 11) is 0. The number of allylic oxidation sites excluding steroid dienone is 2. The lowest BCUT2D eigenvalue weighted by atomic mass is 10.1. The lowest BCUT2D eigenvalue weighted by Crippen LogP contribution is -2.31. The summed E-state index contributed by atoms with van der Waals surface area (Å²) in [5.74, 6) is 6.34. The number of benzene rings is 2. The van der Waals surface area contributed by atoms with Gasteiger partial charge in [-0.2, -0.15) is 0 Å². The maximum Gasteiger partial charge on any atom is 0.0755 e. The SMILES string of the molecule is C/C=C(C)/C(=C/N)N(N)c1ccc2c(c1)c1ccccc1n2CC. The van der Waals surface area contributed by atoms with Crippen molar-refractivity contribution in [3.63, 3.8) is 0 Å². The van der Waals surface area contributed by atoms with Gasteiger partial charge in [-0.3, -0.25) is 5.01 Å². The third-order valence-corrected chi connectivity index (χ3v) is 4.60. The Balaban J connectivity index is 2.20. The topological polar surface area (TPSA) is 60.2 Å². The molecule has 0 radical (unpaired) electrons. The van der Waals surface area contributed by atoms with Crippen LogP contribution in [0, 0.1) is 0 Å². The molecule has 0 aliphatic heterocycles. The van der Waals surface area contributed by atoms with Crippen LogP contribution >= 0.6 is 0 Å². The van der Waals surface area contributed by atoms with Gasteiger partial charge in [0.2, 0.25) is 0 Å². The van der Waals surface area contributed by atoms with Crippen molar-refractivity contribution in [2.24, 2.45) is 11.6 Å². The van der Waals surface area contributed by atoms with Gasteiger partial charge in [0.25, 0.3) is 0 Å². The minimum atomic E-state index is 0.802. The Morgan fingerprint density at radius 2 is 1.83 bits per heavy atom. The van der Waals surface area contributed by atoms with Crippen LogP contribution in [-0.4, -0.2) is 4.57 Å². The van der Waals surface area contributed by atoms with E-state index in [4.69, 9.17) is 11.6 Å². The van der Waals surface area contributed by atoms with Crippen LogP contribution in [0.4, 0.5) is 5.69 Å². The molecule has 0 aliphatic carbocycles. The first kappa shape index (κ1) is 16.1. The van der Waals surface area contributed by atoms with Crippen molar-refractivity contribution in [1.82, 2.24) is 4.57 Å². The number of anilines is 1. The van der Waals surface area contributed by atoms with Crippen molar-refractivity contribution >= 4 is 27.5 Å². The van der Waals surface area contributed by atoms with Crippen molar-refractivity contribution in [2.45, 2.75) is 27.3 Å². The van der Waals surface area contributed by atoms with E-state index in [2.05, 4.69) is 47.9 Å². The predicted octanol–water partition coefficient (Wildman–Crippen LogP) is 4.26. The first-order chi connectivity index (χ1) is 11.6. The van der Waals surface area contributed by atoms with Crippen LogP contribution in [0.5, 0.6) is 0 Å². The Morgan fingerprint density at radius 1 is 1.12 bits per heavy atom. The largest absolute Gasteiger partial charge is 0.403 e. The average molecular weight is 320 g/mol. The van der Waals surface area contributed by atoms with E-state index in [1.54, 1.807) is 11.2 Å². The number of hydrazine groups is 1. The Kier molecular flexibility index (Phi) is 4.32. The van der Waals surface area contributed by atoms with Crippen LogP contribution in [0.1, 0.15) is 20.8 Å². The van der Waals surface area contributed by atoms with Crippen molar-refractivity contribution in [2.75, 3.05) is 5.01 Å². The summed E-state index contributed by atoms with van der Waals surface area (Å²) in [5, 5.41) is 4.09. The molecule has 0 aliphatic rings. The van der Waals surface area contributed by atoms with Gasteiger partial charge in [-0.15, -0.1) is 0 Å². The normalized spacial score (nSPS) is 13.0. The van der Waals surface area contributed by atoms with E-state index in [-0.39, 0.29) is 0 Å². The van der Waals surface area contributed by atoms with Crippen molar-refractivity contribution in [1.29, 1.82) is 0 Å². The van der Waals surface area contributed by atoms with Gasteiger partial charge in [0.15, 0.2) is 0 Å². The zero-order valence-electron chi connectivity index (χ0n) is 14.5. The highest BCUT2D eigenvalue weighted by Gasteiger charge is 2.13. The third-order valence-electron chi connectivity index (χ3n) is 4.60. The molecule has 3 rings (SSSR count). The van der Waals surface area contributed by atoms with Crippen LogP contribution in [-0.2, 0) is 6.54 Å². The lowest BCUT2D eigenvalue weighted by molar-refractivity contribution is 0.827. The molecule has 24 heavy (non-hydrogen) atoms. The predicted molar refractivity (Wildman–Crippen MR) is 103 cm³/mol. The van der Waals surface area contributed by atoms with Gasteiger partial charge in [0.05, 0.1) is 11.4 Å². The summed E-state index contributed by atoms with van der Waals surface area (Å²) in [4.78, 5) is 0. The first-order valence-corrected chi connectivity index (χ1v) is 8.23. The average Bonchev–Trinajstić information content (AvgIpc) is 2.94. The number of hydrogen-bond donors (Lipinski definition) is 2. The van der Waals surface area contributed by atoms with Crippen LogP contribution in [0.25, 0.3) is 21.8 Å². The second kappa shape index (κ2) is 6.42. The van der Waals surface area contributed by atoms with E-state index >= 15 is 0 Å². The highest BCUT2D eigenvalue weighted by atomic mass is 15.4. The summed E-state index contributed by atoms with van der Waals surface area (Å²) < 4.78 is 2.33. The van der Waals surface area contributed by atoms with Gasteiger partial charge in [-0.05, 0) is 50.6 Å². The fourth-order valence-corrected chi connectivity index (χ4v) is 3.22. The maximum atomic E-state index is 6.34. The summed E-state index contributed by atoms with van der Waals surface area (Å²) in [5.41, 5.74) is 11.0. The van der Waals surface area contributed by atoms with E-state index in [1.807, 2.05) is 26.0 Å². The molecule has 3 aromatic rings. The molecule has 0 unspecified atom stereocenters. The van der Waals surface area contributed by atoms with Gasteiger partial charge < -0.3 is 10.3 Å². The molecule has 0 saturated heterocycles. The molecule has 0 amide bonds. The molecular weight excluding hydrogens is 296 g/mol. The maximum absolute atomic E-state index is 6.34. The number of nitrogens with zero attached hydrogens (tertiary/aromatic N) is 2. The molecule has 2 aromatic carbocycles. The fraction of sp³-hybridized carbons (Fsp3) is 0.200. The van der Waals surface area contributed by atoms with Crippen LogP contribution in [0.3, 0.4) is 0 Å². The zero-order chi connectivity index (χ0) is 17.3. The van der Waals surface area contributed by atoms with Crippen LogP contribution in [0.2, 0.25) is 0 Å². The molecule has 4 nitrogen and oxygen atoms in total. The lowest BCUT2D eigenvalue weighted by Gasteiger charge is -2.22. The van der Waals surface area contributed by atoms with E-state index in [0.29, 0.717) is 0 Å². The molecule has 1 aromatic heterocycles. The Bertz CT molecular complexity index is 947. The smallest absolute Gasteiger partial charge is 0.0755 e. The molecular formula is C20H24N4. The van der Waals surface area contributed by atoms with E-state index < -0.39 is 0 Å². The van der Waals surface area contributed by atoms with E-state index in [0.717, 1.165) is 23.5 Å². The number of hydrogen-bond acceptors (Lipinski definition) is 3. The molecule has 4 heteroatoms. The molecule has 4 N–H and O–H groups in total. The molecule has 0 bridgehead atoms. The monoisotopic (exact) mass is 320 g/mol. The van der Waals surface area contributed by atoms with Crippen molar-refractivity contribution < 1.29 is 0 Å². The summed E-state index contributed by atoms with van der Waals surface area (Å²) in [6, 6.07) is 14.8. The van der Waals surface area contributed by atoms with Gasteiger partial charge in [-0.25, -0.2) is 5.84 Å². The van der Waals surface area contributed by atoms with Crippen molar-refractivity contribution in [3.8, 4) is 0 Å². The highest BCUT2D eigenvalue weighted by molar-refractivity contribution is 6.09. The molecule has 1 heterocycles. The number of para-hydroxylation sites is 1. The number of aromatic nitrogens is 1. The summed E-state index contributed by atoms with van der Waals surface area (Å²) in [6.45, 7) is 7.08. The summed E-state index contributed by atoms with van der Waals surface area (Å²) >= 11 is 0. The molecule has 0 fully saturated rings. The Hall–Kier alpha value is -2.72. The number of aryl methyl sites for hydroxylation is 1. The number of fused-ring (bicyclic) bond motifs is 3. The van der Waals surface area contributed by atoms with Gasteiger partial charge in [-0.1, -0.05) is 24.3 Å². The first-order valence-electron chi connectivity index (χ1n) is 8.23. The second-order valence-corrected chi connectivity index (χ2v) is 5.86. The minimum Gasteiger partial charge on any atom is -0.403 e. The van der Waals surface area contributed by atoms with Gasteiger partial charge in [0, 0.05) is 34.6 Å². The Morgan fingerprint density at radius 3 is 2.50 bits per heavy atom. The standard InChI is InChI=1S/C20H24N4/c1-4-14(3)20(13-21)24(22)15-10-11-19-17(12-15)16-8-6-7-9-18(16)23(19)5-2/h4,6-13H,5,21-22H2,1-3H3/b14-4+,20-13-. The molecule has 0 atom stereocenters. The Labute approximate surface area is 142 Å². The second-order valence-electron chi connectivity index (χ2n) is 5.86. The number of nitrogens with two attached hydrogens (primary N) is 2. The van der Waals surface area contributed by atoms with Crippen LogP contribution in [0.15, 0.2) is 66.0 Å². The highest BCUT2D eigenvalue weighted by Crippen LogP contribution is 2.32. The van der Waals surface area contributed by atoms with Crippen LogP contribution < -0.4 is 16.6 Å². The molecule has 124 valence electrons. The van der Waals surface area contributed by atoms with Gasteiger partial charge in [0.1, 0.15) is 0 Å². The molecule has 0 saturated carbocycles. The quantitative estimate of drug-likeness (QED) is 0.429. The number of rotatable bonds is 4. The van der Waals surface area contributed by atoms with E-state index in [1.165, 1.54) is 21.8 Å². The summed E-state index contributed by atoms with van der Waals surface area (Å²) in [6.07, 6.45) is 3.55. The van der Waals surface area contributed by atoms with Crippen molar-refractivity contribution in [3.05, 3.63) is 66.0 Å². The van der Waals surface area contributed by atoms with E-state index in [9.17, 15) is 0 Å². The molecule has 0 spiro atoms. The minimum absolute atomic E-state index is 0.802. The fourth-order valence-electron chi connectivity index (χ4n) is 3.22.